The number of ketones is 2. The Morgan fingerprint density at radius 2 is 1.96 bits per heavy atom. The Bertz CT molecular complexity index is 808. The van der Waals surface area contributed by atoms with E-state index in [0.29, 0.717) is 25.2 Å². The number of rotatable bonds is 3. The van der Waals surface area contributed by atoms with Crippen LogP contribution in [-0.4, -0.2) is 34.9 Å². The third-order valence-electron chi connectivity index (χ3n) is 8.36. The Kier molecular flexibility index (Phi) is 4.46. The summed E-state index contributed by atoms with van der Waals surface area (Å²) in [5.41, 5.74) is 0.626. The first-order chi connectivity index (χ1) is 13.1. The molecular formula is C23H30O5. The summed E-state index contributed by atoms with van der Waals surface area (Å²) in [6.07, 6.45) is 9.31. The molecule has 0 unspecified atom stereocenters. The minimum absolute atomic E-state index is 0.0549. The van der Waals surface area contributed by atoms with Gasteiger partial charge in [-0.1, -0.05) is 31.1 Å². The first kappa shape index (κ1) is 19.6. The molecule has 2 fully saturated rings. The second kappa shape index (κ2) is 6.38. The van der Waals surface area contributed by atoms with Crippen molar-refractivity contribution in [3.05, 3.63) is 23.3 Å². The van der Waals surface area contributed by atoms with Crippen LogP contribution in [0, 0.1) is 22.7 Å². The SMILES string of the molecule is CC(=O)OCC(=O)[C@]1(O)CC[C@H]2[C@H]3CCC4=CC(=O)CC[C@@]4(C)C3=CC[C@@]21C. The maximum Gasteiger partial charge on any atom is 0.303 e. The number of carbonyl (C=O) groups is 3. The number of allylic oxidation sites excluding steroid dienone is 4. The van der Waals surface area contributed by atoms with Gasteiger partial charge in [-0.15, -0.1) is 0 Å². The number of Topliss-reactive ketones (excluding diaryl/α,β-unsaturated/α-hetero) is 1. The molecule has 0 aromatic rings. The van der Waals surface area contributed by atoms with E-state index in [1.165, 1.54) is 18.1 Å². The van der Waals surface area contributed by atoms with Gasteiger partial charge in [-0.3, -0.25) is 14.4 Å². The molecule has 0 aliphatic heterocycles. The number of fused-ring (bicyclic) bond motifs is 5. The van der Waals surface area contributed by atoms with Crippen molar-refractivity contribution in [2.75, 3.05) is 6.61 Å². The van der Waals surface area contributed by atoms with Gasteiger partial charge in [-0.05, 0) is 56.4 Å². The first-order valence-corrected chi connectivity index (χ1v) is 10.5. The molecule has 4 aliphatic rings. The van der Waals surface area contributed by atoms with Crippen LogP contribution in [0.1, 0.15) is 65.7 Å². The predicted molar refractivity (Wildman–Crippen MR) is 103 cm³/mol. The molecule has 28 heavy (non-hydrogen) atoms. The van der Waals surface area contributed by atoms with Crippen molar-refractivity contribution < 1.29 is 24.2 Å². The fourth-order valence-electron chi connectivity index (χ4n) is 6.61. The van der Waals surface area contributed by atoms with Crippen LogP contribution in [0.5, 0.6) is 0 Å². The molecule has 0 amide bonds. The van der Waals surface area contributed by atoms with Crippen LogP contribution in [0.25, 0.3) is 0 Å². The molecule has 1 N–H and O–H groups in total. The van der Waals surface area contributed by atoms with Gasteiger partial charge < -0.3 is 9.84 Å². The molecule has 0 heterocycles. The van der Waals surface area contributed by atoms with Crippen LogP contribution in [0.3, 0.4) is 0 Å². The third kappa shape index (κ3) is 2.58. The second-order valence-electron chi connectivity index (χ2n) is 9.60. The first-order valence-electron chi connectivity index (χ1n) is 10.5. The van der Waals surface area contributed by atoms with E-state index in [2.05, 4.69) is 13.0 Å². The van der Waals surface area contributed by atoms with Crippen LogP contribution in [0.2, 0.25) is 0 Å². The average Bonchev–Trinajstić information content (AvgIpc) is 2.92. The zero-order chi connectivity index (χ0) is 20.3. The molecule has 0 bridgehead atoms. The van der Waals surface area contributed by atoms with Crippen LogP contribution in [-0.2, 0) is 19.1 Å². The molecule has 0 saturated heterocycles. The number of carbonyl (C=O) groups excluding carboxylic acids is 3. The van der Waals surface area contributed by atoms with Gasteiger partial charge in [-0.2, -0.15) is 0 Å². The highest BCUT2D eigenvalue weighted by Crippen LogP contribution is 2.65. The molecule has 2 saturated carbocycles. The second-order valence-corrected chi connectivity index (χ2v) is 9.60. The molecule has 4 rings (SSSR count). The number of ether oxygens (including phenoxy) is 1. The zero-order valence-corrected chi connectivity index (χ0v) is 17.0. The fraction of sp³-hybridized carbons (Fsp3) is 0.696. The Labute approximate surface area is 166 Å². The van der Waals surface area contributed by atoms with E-state index in [1.54, 1.807) is 0 Å². The Morgan fingerprint density at radius 1 is 1.21 bits per heavy atom. The van der Waals surface area contributed by atoms with Crippen molar-refractivity contribution in [1.82, 2.24) is 0 Å². The molecule has 5 atom stereocenters. The monoisotopic (exact) mass is 386 g/mol. The highest BCUT2D eigenvalue weighted by molar-refractivity contribution is 5.92. The van der Waals surface area contributed by atoms with Crippen LogP contribution >= 0.6 is 0 Å². The van der Waals surface area contributed by atoms with Crippen molar-refractivity contribution in [2.24, 2.45) is 22.7 Å². The lowest BCUT2D eigenvalue weighted by atomic mass is 9.50. The summed E-state index contributed by atoms with van der Waals surface area (Å²) in [5, 5.41) is 11.4. The van der Waals surface area contributed by atoms with Crippen molar-refractivity contribution >= 4 is 17.5 Å². The smallest absolute Gasteiger partial charge is 0.303 e. The van der Waals surface area contributed by atoms with E-state index in [1.807, 2.05) is 13.0 Å². The molecule has 4 aliphatic carbocycles. The van der Waals surface area contributed by atoms with Gasteiger partial charge >= 0.3 is 5.97 Å². The van der Waals surface area contributed by atoms with Gasteiger partial charge in [0.25, 0.3) is 0 Å². The van der Waals surface area contributed by atoms with E-state index >= 15 is 0 Å². The molecule has 5 heteroatoms. The summed E-state index contributed by atoms with van der Waals surface area (Å²) in [6.45, 7) is 5.21. The summed E-state index contributed by atoms with van der Waals surface area (Å²) < 4.78 is 4.91. The van der Waals surface area contributed by atoms with Gasteiger partial charge in [-0.25, -0.2) is 0 Å². The van der Waals surface area contributed by atoms with Crippen molar-refractivity contribution in [3.8, 4) is 0 Å². The summed E-state index contributed by atoms with van der Waals surface area (Å²) >= 11 is 0. The summed E-state index contributed by atoms with van der Waals surface area (Å²) in [6, 6.07) is 0. The number of esters is 1. The Hall–Kier alpha value is -1.75. The number of hydrogen-bond donors (Lipinski definition) is 1. The average molecular weight is 386 g/mol. The third-order valence-corrected chi connectivity index (χ3v) is 8.36. The molecule has 0 aromatic carbocycles. The lowest BCUT2D eigenvalue weighted by Gasteiger charge is -2.54. The predicted octanol–water partition coefficient (Wildman–Crippen LogP) is 3.30. The maximum atomic E-state index is 12.8. The molecule has 0 aromatic heterocycles. The minimum atomic E-state index is -1.45. The molecular weight excluding hydrogens is 356 g/mol. The minimum Gasteiger partial charge on any atom is -0.458 e. The van der Waals surface area contributed by atoms with Crippen LogP contribution in [0.15, 0.2) is 23.3 Å². The van der Waals surface area contributed by atoms with Crippen LogP contribution in [0.4, 0.5) is 0 Å². The Balaban J connectivity index is 1.66. The van der Waals surface area contributed by atoms with Gasteiger partial charge in [0.05, 0.1) is 0 Å². The van der Waals surface area contributed by atoms with E-state index in [9.17, 15) is 19.5 Å². The topological polar surface area (TPSA) is 80.7 Å². The lowest BCUT2D eigenvalue weighted by molar-refractivity contribution is -0.162. The number of aliphatic hydroxyl groups is 1. The standard InChI is InChI=1S/C23H30O5/c1-14(24)28-13-20(26)23(27)11-8-19-17-5-4-15-12-16(25)6-9-21(15,2)18(17)7-10-22(19,23)3/h7,12,17,19,27H,4-6,8-11,13H2,1-3H3/t17-,19-,21+,22-,23+/m0/s1. The summed E-state index contributed by atoms with van der Waals surface area (Å²) in [5.74, 6) is -0.0813. The van der Waals surface area contributed by atoms with Crippen molar-refractivity contribution in [3.63, 3.8) is 0 Å². The lowest BCUT2D eigenvalue weighted by Crippen LogP contribution is -2.55. The zero-order valence-electron chi connectivity index (χ0n) is 17.0. The van der Waals surface area contributed by atoms with E-state index in [-0.39, 0.29) is 29.5 Å². The Morgan fingerprint density at radius 3 is 2.68 bits per heavy atom. The highest BCUT2D eigenvalue weighted by Gasteiger charge is 2.64. The van der Waals surface area contributed by atoms with Gasteiger partial charge in [0.15, 0.2) is 12.4 Å². The largest absolute Gasteiger partial charge is 0.458 e. The number of hydrogen-bond acceptors (Lipinski definition) is 5. The molecule has 152 valence electrons. The normalized spacial score (nSPS) is 41.9. The highest BCUT2D eigenvalue weighted by atomic mass is 16.5. The van der Waals surface area contributed by atoms with Crippen molar-refractivity contribution in [1.29, 1.82) is 0 Å². The van der Waals surface area contributed by atoms with Gasteiger partial charge in [0, 0.05) is 24.2 Å². The van der Waals surface area contributed by atoms with Gasteiger partial charge in [0.1, 0.15) is 5.60 Å². The van der Waals surface area contributed by atoms with Crippen LogP contribution < -0.4 is 0 Å². The maximum absolute atomic E-state index is 12.8. The summed E-state index contributed by atoms with van der Waals surface area (Å²) in [4.78, 5) is 35.9. The molecule has 0 radical (unpaired) electrons. The quantitative estimate of drug-likeness (QED) is 0.595. The molecule has 0 spiro atoms. The fourth-order valence-corrected chi connectivity index (χ4v) is 6.61. The molecule has 5 nitrogen and oxygen atoms in total. The van der Waals surface area contributed by atoms with Crippen molar-refractivity contribution in [2.45, 2.75) is 71.3 Å². The summed E-state index contributed by atoms with van der Waals surface area (Å²) in [7, 11) is 0. The van der Waals surface area contributed by atoms with E-state index < -0.39 is 17.0 Å². The van der Waals surface area contributed by atoms with E-state index in [0.717, 1.165) is 25.7 Å². The van der Waals surface area contributed by atoms with Gasteiger partial charge in [0.2, 0.25) is 5.78 Å². The van der Waals surface area contributed by atoms with E-state index in [4.69, 9.17) is 4.74 Å².